The van der Waals surface area contributed by atoms with Crippen LogP contribution in [0.2, 0.25) is 5.15 Å². The van der Waals surface area contributed by atoms with Crippen LogP contribution >= 0.6 is 11.6 Å². The van der Waals surface area contributed by atoms with E-state index in [0.29, 0.717) is 11.3 Å². The summed E-state index contributed by atoms with van der Waals surface area (Å²) in [6.07, 6.45) is 5.86. The number of nitrogens with zero attached hydrogens (tertiary/aromatic N) is 1. The molecule has 1 heterocycles. The van der Waals surface area contributed by atoms with Crippen LogP contribution in [0, 0.1) is 0 Å². The number of ether oxygens (including phenoxy) is 1. The smallest absolute Gasteiger partial charge is 0.306 e. The predicted octanol–water partition coefficient (Wildman–Crippen LogP) is 3.76. The second-order valence-electron chi connectivity index (χ2n) is 6.66. The van der Waals surface area contributed by atoms with Crippen molar-refractivity contribution >= 4 is 34.9 Å². The number of benzene rings is 1. The van der Waals surface area contributed by atoms with Crippen molar-refractivity contribution in [1.29, 1.82) is 0 Å². The maximum atomic E-state index is 12.3. The standard InChI is InChI=1S/C21H21ClN2O4/c22-21-17(6-3-11-23-21)24-19(26)13-28-20(27)10-9-18(25)16-8-7-14-4-1-2-5-15(14)12-16/h3,6-8,11-12H,1-2,4-5,9-10,13H2,(H,24,26). The molecule has 0 radical (unpaired) electrons. The van der Waals surface area contributed by atoms with Crippen LogP contribution in [0.5, 0.6) is 0 Å². The molecule has 1 amide bonds. The molecule has 0 atom stereocenters. The summed E-state index contributed by atoms with van der Waals surface area (Å²) in [5.74, 6) is -1.22. The van der Waals surface area contributed by atoms with E-state index < -0.39 is 18.5 Å². The molecule has 0 spiro atoms. The van der Waals surface area contributed by atoms with Crippen molar-refractivity contribution in [2.24, 2.45) is 0 Å². The van der Waals surface area contributed by atoms with Crippen LogP contribution in [-0.4, -0.2) is 29.3 Å². The molecule has 1 aliphatic rings. The first-order valence-corrected chi connectivity index (χ1v) is 9.62. The van der Waals surface area contributed by atoms with E-state index in [0.717, 1.165) is 19.3 Å². The van der Waals surface area contributed by atoms with Gasteiger partial charge < -0.3 is 10.1 Å². The number of anilines is 1. The minimum Gasteiger partial charge on any atom is -0.456 e. The van der Waals surface area contributed by atoms with Gasteiger partial charge in [0.2, 0.25) is 0 Å². The molecular formula is C21H21ClN2O4. The molecule has 0 bridgehead atoms. The summed E-state index contributed by atoms with van der Waals surface area (Å²) in [5, 5.41) is 2.66. The lowest BCUT2D eigenvalue weighted by atomic mass is 9.89. The zero-order valence-corrected chi connectivity index (χ0v) is 16.1. The van der Waals surface area contributed by atoms with Crippen molar-refractivity contribution in [2.45, 2.75) is 38.5 Å². The molecule has 0 aliphatic heterocycles. The zero-order valence-electron chi connectivity index (χ0n) is 15.4. The Kier molecular flexibility index (Phi) is 6.76. The average molecular weight is 401 g/mol. The molecule has 28 heavy (non-hydrogen) atoms. The van der Waals surface area contributed by atoms with Crippen molar-refractivity contribution in [3.63, 3.8) is 0 Å². The third-order valence-electron chi connectivity index (χ3n) is 4.62. The molecule has 0 unspecified atom stereocenters. The van der Waals surface area contributed by atoms with Gasteiger partial charge in [-0.2, -0.15) is 0 Å². The van der Waals surface area contributed by atoms with Crippen LogP contribution < -0.4 is 5.32 Å². The van der Waals surface area contributed by atoms with Gasteiger partial charge in [-0.05, 0) is 55.0 Å². The predicted molar refractivity (Wildman–Crippen MR) is 105 cm³/mol. The summed E-state index contributed by atoms with van der Waals surface area (Å²) < 4.78 is 4.93. The molecule has 3 rings (SSSR count). The fourth-order valence-corrected chi connectivity index (χ4v) is 3.32. The van der Waals surface area contributed by atoms with Gasteiger partial charge in [0.05, 0.1) is 12.1 Å². The van der Waals surface area contributed by atoms with Crippen LogP contribution in [0.3, 0.4) is 0 Å². The molecule has 7 heteroatoms. The number of Topliss-reactive ketones (excluding diaryl/α,β-unsaturated/α-hetero) is 1. The first-order chi connectivity index (χ1) is 13.5. The molecule has 2 aromatic rings. The van der Waals surface area contributed by atoms with Crippen molar-refractivity contribution in [2.75, 3.05) is 11.9 Å². The Balaban J connectivity index is 1.43. The Morgan fingerprint density at radius 3 is 2.64 bits per heavy atom. The molecule has 1 aromatic carbocycles. The Morgan fingerprint density at radius 1 is 1.07 bits per heavy atom. The molecule has 0 saturated heterocycles. The van der Waals surface area contributed by atoms with E-state index in [1.54, 1.807) is 12.1 Å². The van der Waals surface area contributed by atoms with E-state index in [-0.39, 0.29) is 23.8 Å². The number of carbonyl (C=O) groups excluding carboxylic acids is 3. The summed E-state index contributed by atoms with van der Waals surface area (Å²) in [6.45, 7) is -0.447. The fourth-order valence-electron chi connectivity index (χ4n) is 3.15. The topological polar surface area (TPSA) is 85.4 Å². The Labute approximate surface area is 168 Å². The van der Waals surface area contributed by atoms with Gasteiger partial charge in [-0.25, -0.2) is 4.98 Å². The Hall–Kier alpha value is -2.73. The zero-order chi connectivity index (χ0) is 19.9. The number of hydrogen-bond acceptors (Lipinski definition) is 5. The van der Waals surface area contributed by atoms with Gasteiger partial charge in [0.25, 0.3) is 5.91 Å². The van der Waals surface area contributed by atoms with Crippen molar-refractivity contribution in [3.05, 3.63) is 58.4 Å². The van der Waals surface area contributed by atoms with Gasteiger partial charge in [0.15, 0.2) is 17.5 Å². The number of fused-ring (bicyclic) bond motifs is 1. The quantitative estimate of drug-likeness (QED) is 0.434. The van der Waals surface area contributed by atoms with E-state index in [1.807, 2.05) is 18.2 Å². The third-order valence-corrected chi connectivity index (χ3v) is 4.93. The number of amides is 1. The lowest BCUT2D eigenvalue weighted by molar-refractivity contribution is -0.147. The number of rotatable bonds is 7. The van der Waals surface area contributed by atoms with Gasteiger partial charge >= 0.3 is 5.97 Å². The Morgan fingerprint density at radius 2 is 1.86 bits per heavy atom. The van der Waals surface area contributed by atoms with Crippen LogP contribution in [0.15, 0.2) is 36.5 Å². The van der Waals surface area contributed by atoms with E-state index in [1.165, 1.54) is 23.7 Å². The highest BCUT2D eigenvalue weighted by molar-refractivity contribution is 6.32. The number of halogens is 1. The number of nitrogens with one attached hydrogen (secondary N) is 1. The molecule has 1 aromatic heterocycles. The Bertz CT molecular complexity index is 898. The molecule has 0 saturated carbocycles. The lowest BCUT2D eigenvalue weighted by Gasteiger charge is -2.16. The first kappa shape index (κ1) is 20.0. The second kappa shape index (κ2) is 9.46. The maximum Gasteiger partial charge on any atom is 0.306 e. The van der Waals surface area contributed by atoms with Crippen LogP contribution in [-0.2, 0) is 27.2 Å². The highest BCUT2D eigenvalue weighted by atomic mass is 35.5. The van der Waals surface area contributed by atoms with Crippen LogP contribution in [0.4, 0.5) is 5.69 Å². The summed E-state index contributed by atoms with van der Waals surface area (Å²) >= 11 is 5.85. The van der Waals surface area contributed by atoms with Crippen LogP contribution in [0.1, 0.15) is 47.2 Å². The number of pyridine rings is 1. The molecule has 0 fully saturated rings. The summed E-state index contributed by atoms with van der Waals surface area (Å²) in [6, 6.07) is 8.98. The monoisotopic (exact) mass is 400 g/mol. The number of aromatic nitrogens is 1. The van der Waals surface area contributed by atoms with Gasteiger partial charge in [-0.15, -0.1) is 0 Å². The molecule has 1 aliphatic carbocycles. The highest BCUT2D eigenvalue weighted by Gasteiger charge is 2.15. The molecular weight excluding hydrogens is 380 g/mol. The number of carbonyl (C=O) groups is 3. The van der Waals surface area contributed by atoms with E-state index in [4.69, 9.17) is 16.3 Å². The lowest BCUT2D eigenvalue weighted by Crippen LogP contribution is -2.21. The van der Waals surface area contributed by atoms with E-state index in [2.05, 4.69) is 10.3 Å². The normalized spacial score (nSPS) is 12.8. The number of aryl methyl sites for hydroxylation is 2. The summed E-state index contributed by atoms with van der Waals surface area (Å²) in [4.78, 5) is 39.8. The van der Waals surface area contributed by atoms with Gasteiger partial charge in [0, 0.05) is 18.2 Å². The van der Waals surface area contributed by atoms with Gasteiger partial charge in [-0.3, -0.25) is 14.4 Å². The van der Waals surface area contributed by atoms with Crippen molar-refractivity contribution in [1.82, 2.24) is 4.98 Å². The van der Waals surface area contributed by atoms with Gasteiger partial charge in [0.1, 0.15) is 0 Å². The molecule has 6 nitrogen and oxygen atoms in total. The second-order valence-corrected chi connectivity index (χ2v) is 7.02. The van der Waals surface area contributed by atoms with E-state index in [9.17, 15) is 14.4 Å². The third kappa shape index (κ3) is 5.39. The van der Waals surface area contributed by atoms with Crippen molar-refractivity contribution in [3.8, 4) is 0 Å². The maximum absolute atomic E-state index is 12.3. The fraction of sp³-hybridized carbons (Fsp3) is 0.333. The SMILES string of the molecule is O=C(COC(=O)CCC(=O)c1ccc2c(c1)CCCC2)Nc1cccnc1Cl. The van der Waals surface area contributed by atoms with Crippen molar-refractivity contribution < 1.29 is 19.1 Å². The summed E-state index contributed by atoms with van der Waals surface area (Å²) in [7, 11) is 0. The largest absolute Gasteiger partial charge is 0.456 e. The minimum atomic E-state index is -0.598. The summed E-state index contributed by atoms with van der Waals surface area (Å²) in [5.41, 5.74) is 3.50. The number of hydrogen-bond donors (Lipinski definition) is 1. The number of esters is 1. The van der Waals surface area contributed by atoms with Crippen LogP contribution in [0.25, 0.3) is 0 Å². The van der Waals surface area contributed by atoms with Gasteiger partial charge in [-0.1, -0.05) is 23.7 Å². The molecule has 1 N–H and O–H groups in total. The number of ketones is 1. The first-order valence-electron chi connectivity index (χ1n) is 9.24. The average Bonchev–Trinajstić information content (AvgIpc) is 2.71. The highest BCUT2D eigenvalue weighted by Crippen LogP contribution is 2.23. The minimum absolute atomic E-state index is 0.0493. The van der Waals surface area contributed by atoms with E-state index >= 15 is 0 Å². The molecule has 146 valence electrons.